The molecule has 24 heavy (non-hydrogen) atoms. The predicted molar refractivity (Wildman–Crippen MR) is 93.9 cm³/mol. The van der Waals surface area contributed by atoms with Crippen LogP contribution in [0.3, 0.4) is 0 Å². The van der Waals surface area contributed by atoms with E-state index in [4.69, 9.17) is 11.6 Å². The summed E-state index contributed by atoms with van der Waals surface area (Å²) < 4.78 is 26.7. The van der Waals surface area contributed by atoms with Crippen LogP contribution in [0, 0.1) is 11.6 Å². The molecule has 2 nitrogen and oxygen atoms in total. The van der Waals surface area contributed by atoms with E-state index in [9.17, 15) is 13.6 Å². The van der Waals surface area contributed by atoms with Crippen molar-refractivity contribution >= 4 is 23.2 Å². The van der Waals surface area contributed by atoms with Crippen molar-refractivity contribution in [3.05, 3.63) is 63.7 Å². The van der Waals surface area contributed by atoms with Gasteiger partial charge in [-0.05, 0) is 35.1 Å². The largest absolute Gasteiger partial charge is 0.321 e. The molecule has 2 aromatic rings. The molecule has 5 heteroatoms. The van der Waals surface area contributed by atoms with Crippen LogP contribution in [-0.2, 0) is 0 Å². The standard InChI is InChI=1S/C19H20ClF2NO/c1-10(2)12-6-5-7-13(11(3)4)18(12)23-19(24)14-8-16(21)17(22)9-15(14)20/h5-11H,1-4H3,(H,23,24). The Hall–Kier alpha value is -1.94. The second-order valence-electron chi connectivity index (χ2n) is 6.32. The van der Waals surface area contributed by atoms with Gasteiger partial charge in [0.25, 0.3) is 5.91 Å². The number of rotatable bonds is 4. The molecule has 0 radical (unpaired) electrons. The Kier molecular flexibility index (Phi) is 5.60. The average molecular weight is 352 g/mol. The number of amides is 1. The van der Waals surface area contributed by atoms with Gasteiger partial charge in [0.05, 0.1) is 10.6 Å². The third-order valence-corrected chi connectivity index (χ3v) is 4.18. The monoisotopic (exact) mass is 351 g/mol. The topological polar surface area (TPSA) is 29.1 Å². The molecule has 1 amide bonds. The van der Waals surface area contributed by atoms with Gasteiger partial charge in [-0.25, -0.2) is 8.78 Å². The lowest BCUT2D eigenvalue weighted by Gasteiger charge is -2.20. The van der Waals surface area contributed by atoms with Crippen LogP contribution >= 0.6 is 11.6 Å². The lowest BCUT2D eigenvalue weighted by molar-refractivity contribution is 0.102. The van der Waals surface area contributed by atoms with Crippen LogP contribution in [0.1, 0.15) is 61.0 Å². The van der Waals surface area contributed by atoms with Crippen LogP contribution in [0.5, 0.6) is 0 Å². The van der Waals surface area contributed by atoms with Crippen LogP contribution in [0.25, 0.3) is 0 Å². The first-order valence-corrected chi connectivity index (χ1v) is 8.18. The van der Waals surface area contributed by atoms with Crippen LogP contribution in [0.15, 0.2) is 30.3 Å². The van der Waals surface area contributed by atoms with Crippen molar-refractivity contribution in [3.63, 3.8) is 0 Å². The Morgan fingerprint density at radius 1 is 1.00 bits per heavy atom. The zero-order valence-corrected chi connectivity index (χ0v) is 14.8. The molecule has 0 aliphatic heterocycles. The lowest BCUT2D eigenvalue weighted by atomic mass is 9.92. The van der Waals surface area contributed by atoms with Crippen molar-refractivity contribution < 1.29 is 13.6 Å². The van der Waals surface area contributed by atoms with Gasteiger partial charge in [0.15, 0.2) is 11.6 Å². The summed E-state index contributed by atoms with van der Waals surface area (Å²) in [4.78, 5) is 12.6. The van der Waals surface area contributed by atoms with Gasteiger partial charge in [-0.1, -0.05) is 57.5 Å². The quantitative estimate of drug-likeness (QED) is 0.661. The average Bonchev–Trinajstić information content (AvgIpc) is 2.50. The number of halogens is 3. The van der Waals surface area contributed by atoms with Crippen molar-refractivity contribution in [1.82, 2.24) is 0 Å². The number of nitrogens with one attached hydrogen (secondary N) is 1. The predicted octanol–water partition coefficient (Wildman–Crippen LogP) is 6.12. The van der Waals surface area contributed by atoms with Crippen LogP contribution in [0.4, 0.5) is 14.5 Å². The third-order valence-electron chi connectivity index (χ3n) is 3.87. The fourth-order valence-electron chi connectivity index (χ4n) is 2.57. The lowest BCUT2D eigenvalue weighted by Crippen LogP contribution is -2.17. The third kappa shape index (κ3) is 3.75. The van der Waals surface area contributed by atoms with E-state index in [1.165, 1.54) is 0 Å². The fraction of sp³-hybridized carbons (Fsp3) is 0.316. The molecule has 128 valence electrons. The van der Waals surface area contributed by atoms with E-state index in [-0.39, 0.29) is 22.4 Å². The molecule has 0 bridgehead atoms. The summed E-state index contributed by atoms with van der Waals surface area (Å²) in [5.41, 5.74) is 2.57. The van der Waals surface area contributed by atoms with E-state index in [1.54, 1.807) is 0 Å². The highest BCUT2D eigenvalue weighted by Crippen LogP contribution is 2.33. The molecule has 0 saturated carbocycles. The molecule has 0 atom stereocenters. The van der Waals surface area contributed by atoms with Gasteiger partial charge in [0.1, 0.15) is 0 Å². The molecule has 0 heterocycles. The Morgan fingerprint density at radius 3 is 2.00 bits per heavy atom. The molecule has 0 saturated heterocycles. The minimum atomic E-state index is -1.11. The van der Waals surface area contributed by atoms with Gasteiger partial charge in [-0.3, -0.25) is 4.79 Å². The first-order valence-electron chi connectivity index (χ1n) is 7.81. The smallest absolute Gasteiger partial charge is 0.257 e. The Balaban J connectivity index is 2.47. The molecular weight excluding hydrogens is 332 g/mol. The molecule has 2 rings (SSSR count). The number of benzene rings is 2. The summed E-state index contributed by atoms with van der Waals surface area (Å²) in [6.07, 6.45) is 0. The summed E-state index contributed by atoms with van der Waals surface area (Å²) >= 11 is 5.90. The molecule has 0 fully saturated rings. The zero-order valence-electron chi connectivity index (χ0n) is 14.1. The maximum absolute atomic E-state index is 13.5. The molecule has 0 aromatic heterocycles. The van der Waals surface area contributed by atoms with Crippen molar-refractivity contribution in [1.29, 1.82) is 0 Å². The Bertz CT molecular complexity index is 746. The SMILES string of the molecule is CC(C)c1cccc(C(C)C)c1NC(=O)c1cc(F)c(F)cc1Cl. The molecule has 0 aliphatic carbocycles. The highest BCUT2D eigenvalue weighted by molar-refractivity contribution is 6.34. The molecule has 0 spiro atoms. The van der Waals surface area contributed by atoms with Crippen molar-refractivity contribution in [2.45, 2.75) is 39.5 Å². The first kappa shape index (κ1) is 18.4. The van der Waals surface area contributed by atoms with Gasteiger partial charge in [0.2, 0.25) is 0 Å². The van der Waals surface area contributed by atoms with Gasteiger partial charge in [0, 0.05) is 5.69 Å². The Morgan fingerprint density at radius 2 is 1.50 bits per heavy atom. The van der Waals surface area contributed by atoms with Crippen LogP contribution in [-0.4, -0.2) is 5.91 Å². The highest BCUT2D eigenvalue weighted by Gasteiger charge is 2.19. The summed E-state index contributed by atoms with van der Waals surface area (Å²) in [7, 11) is 0. The fourth-order valence-corrected chi connectivity index (χ4v) is 2.81. The van der Waals surface area contributed by atoms with Crippen LogP contribution in [0.2, 0.25) is 5.02 Å². The minimum Gasteiger partial charge on any atom is -0.321 e. The van der Waals surface area contributed by atoms with E-state index in [0.29, 0.717) is 5.69 Å². The van der Waals surface area contributed by atoms with E-state index in [1.807, 2.05) is 45.9 Å². The van der Waals surface area contributed by atoms with Gasteiger partial charge in [-0.15, -0.1) is 0 Å². The molecule has 2 aromatic carbocycles. The number of para-hydroxylation sites is 1. The number of anilines is 1. The second-order valence-corrected chi connectivity index (χ2v) is 6.73. The number of hydrogen-bond donors (Lipinski definition) is 1. The number of hydrogen-bond acceptors (Lipinski definition) is 1. The van der Waals surface area contributed by atoms with Gasteiger partial charge >= 0.3 is 0 Å². The summed E-state index contributed by atoms with van der Waals surface area (Å²) in [6, 6.07) is 7.46. The second kappa shape index (κ2) is 7.31. The number of carbonyl (C=O) groups is 1. The van der Waals surface area contributed by atoms with Gasteiger partial charge < -0.3 is 5.32 Å². The van der Waals surface area contributed by atoms with Gasteiger partial charge in [-0.2, -0.15) is 0 Å². The molecule has 0 aliphatic rings. The maximum Gasteiger partial charge on any atom is 0.257 e. The molecule has 0 unspecified atom stereocenters. The normalized spacial score (nSPS) is 11.2. The van der Waals surface area contributed by atoms with E-state index < -0.39 is 17.5 Å². The summed E-state index contributed by atoms with van der Waals surface area (Å²) in [5, 5.41) is 2.71. The first-order chi connectivity index (χ1) is 11.2. The minimum absolute atomic E-state index is 0.0937. The van der Waals surface area contributed by atoms with Crippen molar-refractivity contribution in [2.24, 2.45) is 0 Å². The van der Waals surface area contributed by atoms with E-state index in [0.717, 1.165) is 23.3 Å². The number of carbonyl (C=O) groups excluding carboxylic acids is 1. The van der Waals surface area contributed by atoms with Crippen molar-refractivity contribution in [2.75, 3.05) is 5.32 Å². The van der Waals surface area contributed by atoms with E-state index in [2.05, 4.69) is 5.32 Å². The van der Waals surface area contributed by atoms with Crippen molar-refractivity contribution in [3.8, 4) is 0 Å². The zero-order chi connectivity index (χ0) is 18.0. The summed E-state index contributed by atoms with van der Waals surface area (Å²) in [6.45, 7) is 8.11. The summed E-state index contributed by atoms with van der Waals surface area (Å²) in [5.74, 6) is -2.36. The van der Waals surface area contributed by atoms with Crippen LogP contribution < -0.4 is 5.32 Å². The molecule has 1 N–H and O–H groups in total. The Labute approximate surface area is 145 Å². The highest BCUT2D eigenvalue weighted by atomic mass is 35.5. The van der Waals surface area contributed by atoms with E-state index >= 15 is 0 Å². The molecular formula is C19H20ClF2NO. The maximum atomic E-state index is 13.5.